The van der Waals surface area contributed by atoms with E-state index in [4.69, 9.17) is 9.47 Å². The monoisotopic (exact) mass is 493 g/mol. The fraction of sp³-hybridized carbons (Fsp3) is 0.741. The second kappa shape index (κ2) is 16.0. The molecule has 2 heterocycles. The van der Waals surface area contributed by atoms with Crippen LogP contribution in [0.15, 0.2) is 23.8 Å². The quantitative estimate of drug-likeness (QED) is 0.0885. The molecule has 1 saturated heterocycles. The van der Waals surface area contributed by atoms with Gasteiger partial charge in [0.05, 0.1) is 0 Å². The molecule has 3 atom stereocenters. The van der Waals surface area contributed by atoms with Crippen molar-refractivity contribution in [2.24, 2.45) is 5.92 Å². The highest BCUT2D eigenvalue weighted by Gasteiger charge is 2.56. The van der Waals surface area contributed by atoms with E-state index >= 15 is 0 Å². The minimum atomic E-state index is -0.534. The standard InChI is InChI=1S/C27H43NO5S/c1-4-6-7-8-9-10-11-12-13-14-15-16-17-18-23(29)33-21(3)24-25(30)28-22(20-34-26(24)28)27(31)32-19-5-2/h5,20-21,24,26H,2,4,6-19H2,1,3H3/t21?,24-,26-/m0/s1. The lowest BCUT2D eigenvalue weighted by Gasteiger charge is -2.44. The molecule has 0 aromatic heterocycles. The third-order valence-corrected chi connectivity index (χ3v) is 7.65. The van der Waals surface area contributed by atoms with Gasteiger partial charge in [-0.25, -0.2) is 4.79 Å². The Morgan fingerprint density at radius 1 is 1.03 bits per heavy atom. The van der Waals surface area contributed by atoms with Crippen molar-refractivity contribution in [1.82, 2.24) is 4.90 Å². The molecule has 0 bridgehead atoms. The summed E-state index contributed by atoms with van der Waals surface area (Å²) in [5.41, 5.74) is 0.253. The molecule has 1 amide bonds. The Kier molecular flexibility index (Phi) is 13.4. The number of carbonyl (C=O) groups is 3. The van der Waals surface area contributed by atoms with Gasteiger partial charge in [-0.2, -0.15) is 0 Å². The van der Waals surface area contributed by atoms with Gasteiger partial charge in [0, 0.05) is 11.8 Å². The van der Waals surface area contributed by atoms with Crippen LogP contribution in [-0.2, 0) is 23.9 Å². The first-order valence-electron chi connectivity index (χ1n) is 13.2. The van der Waals surface area contributed by atoms with Gasteiger partial charge in [-0.1, -0.05) is 96.6 Å². The number of unbranched alkanes of at least 4 members (excludes halogenated alkanes) is 12. The van der Waals surface area contributed by atoms with Crippen LogP contribution in [0.2, 0.25) is 0 Å². The number of β-lactam (4-membered cyclic amide) rings is 1. The molecule has 0 aromatic carbocycles. The Balaban J connectivity index is 1.50. The largest absolute Gasteiger partial charge is 0.462 e. The summed E-state index contributed by atoms with van der Waals surface area (Å²) in [6.07, 6.45) is 17.8. The zero-order valence-electron chi connectivity index (χ0n) is 21.1. The maximum absolute atomic E-state index is 12.6. The molecule has 0 N–H and O–H groups in total. The topological polar surface area (TPSA) is 72.9 Å². The summed E-state index contributed by atoms with van der Waals surface area (Å²) in [5, 5.41) is 1.44. The van der Waals surface area contributed by atoms with Crippen LogP contribution in [0.1, 0.15) is 104 Å². The highest BCUT2D eigenvalue weighted by atomic mass is 32.2. The van der Waals surface area contributed by atoms with Crippen LogP contribution in [0.4, 0.5) is 0 Å². The lowest BCUT2D eigenvalue weighted by molar-refractivity contribution is -0.167. The molecule has 0 aromatic rings. The molecule has 0 radical (unpaired) electrons. The van der Waals surface area contributed by atoms with Crippen LogP contribution < -0.4 is 0 Å². The number of fused-ring (bicyclic) bond motifs is 1. The van der Waals surface area contributed by atoms with Crippen LogP contribution in [0, 0.1) is 5.92 Å². The fourth-order valence-corrected chi connectivity index (χ4v) is 5.82. The van der Waals surface area contributed by atoms with Crippen molar-refractivity contribution in [1.29, 1.82) is 0 Å². The first-order valence-corrected chi connectivity index (χ1v) is 14.1. The minimum absolute atomic E-state index is 0.101. The van der Waals surface area contributed by atoms with Crippen LogP contribution in [0.25, 0.3) is 0 Å². The second-order valence-corrected chi connectivity index (χ2v) is 10.3. The van der Waals surface area contributed by atoms with Gasteiger partial charge in [0.15, 0.2) is 0 Å². The van der Waals surface area contributed by atoms with Crippen molar-refractivity contribution < 1.29 is 23.9 Å². The van der Waals surface area contributed by atoms with Crippen molar-refractivity contribution in [3.63, 3.8) is 0 Å². The fourth-order valence-electron chi connectivity index (χ4n) is 4.49. The summed E-state index contributed by atoms with van der Waals surface area (Å²) in [6.45, 7) is 7.63. The zero-order chi connectivity index (χ0) is 24.8. The number of hydrogen-bond acceptors (Lipinski definition) is 6. The van der Waals surface area contributed by atoms with Crippen LogP contribution in [0.5, 0.6) is 0 Å². The van der Waals surface area contributed by atoms with E-state index in [1.54, 1.807) is 12.3 Å². The number of hydrogen-bond donors (Lipinski definition) is 0. The van der Waals surface area contributed by atoms with E-state index < -0.39 is 18.0 Å². The first-order chi connectivity index (χ1) is 16.5. The Bertz CT molecular complexity index is 707. The maximum Gasteiger partial charge on any atom is 0.355 e. The normalized spacial score (nSPS) is 19.8. The molecule has 6 nitrogen and oxygen atoms in total. The average molecular weight is 494 g/mol. The summed E-state index contributed by atoms with van der Waals surface area (Å²) in [7, 11) is 0. The Hall–Kier alpha value is -1.76. The lowest BCUT2D eigenvalue weighted by atomic mass is 9.92. The third kappa shape index (κ3) is 8.79. The number of carbonyl (C=O) groups excluding carboxylic acids is 3. The summed E-state index contributed by atoms with van der Waals surface area (Å²) >= 11 is 1.39. The molecule has 2 aliphatic rings. The number of amides is 1. The summed E-state index contributed by atoms with van der Waals surface area (Å²) in [5.74, 6) is -1.41. The molecular weight excluding hydrogens is 450 g/mol. The number of ether oxygens (including phenoxy) is 2. The van der Waals surface area contributed by atoms with Gasteiger partial charge in [-0.3, -0.25) is 14.5 Å². The van der Waals surface area contributed by atoms with E-state index in [9.17, 15) is 14.4 Å². The van der Waals surface area contributed by atoms with Gasteiger partial charge in [-0.15, -0.1) is 11.8 Å². The van der Waals surface area contributed by atoms with Gasteiger partial charge in [0.2, 0.25) is 5.91 Å². The van der Waals surface area contributed by atoms with E-state index in [0.29, 0.717) is 6.42 Å². The Labute approximate surface area is 209 Å². The molecule has 7 heteroatoms. The molecule has 2 rings (SSSR count). The minimum Gasteiger partial charge on any atom is -0.462 e. The number of thioether (sulfide) groups is 1. The average Bonchev–Trinajstić information content (AvgIpc) is 3.19. The van der Waals surface area contributed by atoms with Crippen LogP contribution >= 0.6 is 11.8 Å². The maximum atomic E-state index is 12.6. The van der Waals surface area contributed by atoms with Gasteiger partial charge in [0.1, 0.15) is 29.7 Å². The predicted molar refractivity (Wildman–Crippen MR) is 137 cm³/mol. The van der Waals surface area contributed by atoms with Gasteiger partial charge >= 0.3 is 11.9 Å². The zero-order valence-corrected chi connectivity index (χ0v) is 21.9. The SMILES string of the molecule is C=CCOC(=O)C1=CS[C@H]2[C@@H](C(C)OC(=O)CCCCCCCCCCCCCCC)C(=O)N12. The molecule has 34 heavy (non-hydrogen) atoms. The molecule has 0 saturated carbocycles. The Morgan fingerprint density at radius 2 is 1.59 bits per heavy atom. The van der Waals surface area contributed by atoms with E-state index in [1.807, 2.05) is 0 Å². The molecular formula is C27H43NO5S. The van der Waals surface area contributed by atoms with Gasteiger partial charge in [0.25, 0.3) is 0 Å². The lowest BCUT2D eigenvalue weighted by Crippen LogP contribution is -2.61. The summed E-state index contributed by atoms with van der Waals surface area (Å²) in [4.78, 5) is 38.3. The third-order valence-electron chi connectivity index (χ3n) is 6.51. The second-order valence-electron chi connectivity index (χ2n) is 9.34. The molecule has 192 valence electrons. The number of esters is 2. The first kappa shape index (κ1) is 28.5. The molecule has 1 unspecified atom stereocenters. The molecule has 2 aliphatic heterocycles. The van der Waals surface area contributed by atoms with E-state index in [0.717, 1.165) is 19.3 Å². The Morgan fingerprint density at radius 3 is 2.15 bits per heavy atom. The number of rotatable bonds is 19. The van der Waals surface area contributed by atoms with Crippen LogP contribution in [-0.4, -0.2) is 40.8 Å². The smallest absolute Gasteiger partial charge is 0.355 e. The van der Waals surface area contributed by atoms with Crippen molar-refractivity contribution in [2.45, 2.75) is 115 Å². The van der Waals surface area contributed by atoms with Crippen molar-refractivity contribution in [2.75, 3.05) is 6.61 Å². The van der Waals surface area contributed by atoms with E-state index in [1.165, 1.54) is 86.9 Å². The molecule has 0 aliphatic carbocycles. The van der Waals surface area contributed by atoms with Crippen molar-refractivity contribution >= 4 is 29.6 Å². The van der Waals surface area contributed by atoms with E-state index in [-0.39, 0.29) is 29.6 Å². The van der Waals surface area contributed by atoms with Crippen molar-refractivity contribution in [3.05, 3.63) is 23.8 Å². The highest BCUT2D eigenvalue weighted by Crippen LogP contribution is 2.46. The highest BCUT2D eigenvalue weighted by molar-refractivity contribution is 8.03. The van der Waals surface area contributed by atoms with Gasteiger partial charge in [-0.05, 0) is 13.3 Å². The van der Waals surface area contributed by atoms with Gasteiger partial charge < -0.3 is 9.47 Å². The van der Waals surface area contributed by atoms with E-state index in [2.05, 4.69) is 13.5 Å². The number of nitrogens with zero attached hydrogens (tertiary/aromatic N) is 1. The van der Waals surface area contributed by atoms with Crippen molar-refractivity contribution in [3.8, 4) is 0 Å². The molecule has 1 fully saturated rings. The molecule has 0 spiro atoms. The van der Waals surface area contributed by atoms with Crippen LogP contribution in [0.3, 0.4) is 0 Å². The summed E-state index contributed by atoms with van der Waals surface area (Å²) < 4.78 is 10.6. The predicted octanol–water partition coefficient (Wildman–Crippen LogP) is 6.50. The summed E-state index contributed by atoms with van der Waals surface area (Å²) in [6, 6.07) is 0.